The summed E-state index contributed by atoms with van der Waals surface area (Å²) in [4.78, 5) is 27.6. The lowest BCUT2D eigenvalue weighted by Gasteiger charge is -2.30. The highest BCUT2D eigenvalue weighted by Gasteiger charge is 2.30. The van der Waals surface area contributed by atoms with E-state index in [0.29, 0.717) is 17.5 Å². The van der Waals surface area contributed by atoms with Gasteiger partial charge in [0.1, 0.15) is 6.04 Å². The molecule has 2 atom stereocenters. The van der Waals surface area contributed by atoms with Crippen LogP contribution < -0.4 is 5.32 Å². The summed E-state index contributed by atoms with van der Waals surface area (Å²) >= 11 is 1.53. The van der Waals surface area contributed by atoms with Crippen molar-refractivity contribution < 1.29 is 9.59 Å². The predicted molar refractivity (Wildman–Crippen MR) is 72.5 cm³/mol. The molecule has 2 amide bonds. The van der Waals surface area contributed by atoms with Crippen molar-refractivity contribution in [3.05, 3.63) is 0 Å². The molecule has 0 radical (unpaired) electrons. The lowest BCUT2D eigenvalue weighted by Crippen LogP contribution is -2.53. The van der Waals surface area contributed by atoms with Gasteiger partial charge in [0.05, 0.1) is 5.75 Å². The van der Waals surface area contributed by atoms with E-state index in [1.54, 1.807) is 4.90 Å². The maximum absolute atomic E-state index is 12.2. The zero-order valence-corrected chi connectivity index (χ0v) is 11.8. The molecular weight excluding hydrogens is 250 g/mol. The van der Waals surface area contributed by atoms with E-state index in [0.717, 1.165) is 19.5 Å². The Kier molecular flexibility index (Phi) is 4.50. The molecule has 0 aliphatic carbocycles. The minimum Gasteiger partial charge on any atom is -0.343 e. The van der Waals surface area contributed by atoms with E-state index < -0.39 is 0 Å². The smallest absolute Gasteiger partial charge is 0.245 e. The summed E-state index contributed by atoms with van der Waals surface area (Å²) in [7, 11) is 3.94. The van der Waals surface area contributed by atoms with Crippen LogP contribution in [0.15, 0.2) is 0 Å². The van der Waals surface area contributed by atoms with Crippen molar-refractivity contribution in [2.75, 3.05) is 38.7 Å². The molecule has 0 spiro atoms. The van der Waals surface area contributed by atoms with Crippen LogP contribution in [0.1, 0.15) is 12.8 Å². The Hall–Kier alpha value is -0.750. The van der Waals surface area contributed by atoms with E-state index in [9.17, 15) is 9.59 Å². The number of hydrogen-bond donors (Lipinski definition) is 1. The van der Waals surface area contributed by atoms with Gasteiger partial charge in [0.25, 0.3) is 0 Å². The quantitative estimate of drug-likeness (QED) is 0.770. The van der Waals surface area contributed by atoms with Crippen LogP contribution >= 0.6 is 11.8 Å². The molecule has 2 heterocycles. The molecular formula is C12H21N3O2S. The molecule has 2 rings (SSSR count). The molecule has 1 N–H and O–H groups in total. The largest absolute Gasteiger partial charge is 0.343 e. The Labute approximate surface area is 112 Å². The number of carbonyl (C=O) groups excluding carboxylic acids is 2. The first kappa shape index (κ1) is 13.7. The molecule has 0 bridgehead atoms. The molecule has 2 aliphatic rings. The molecule has 5 nitrogen and oxygen atoms in total. The fourth-order valence-electron chi connectivity index (χ4n) is 2.56. The van der Waals surface area contributed by atoms with Gasteiger partial charge in [-0.05, 0) is 26.4 Å². The van der Waals surface area contributed by atoms with Gasteiger partial charge in [-0.15, -0.1) is 11.8 Å². The van der Waals surface area contributed by atoms with Crippen LogP contribution in [0, 0.1) is 0 Å². The second kappa shape index (κ2) is 5.93. The highest BCUT2D eigenvalue weighted by Crippen LogP contribution is 2.16. The third-order valence-corrected chi connectivity index (χ3v) is 4.72. The molecule has 0 aromatic rings. The van der Waals surface area contributed by atoms with Gasteiger partial charge in [0, 0.05) is 25.4 Å². The first-order chi connectivity index (χ1) is 8.58. The van der Waals surface area contributed by atoms with E-state index in [-0.39, 0.29) is 17.9 Å². The second-order valence-electron chi connectivity index (χ2n) is 5.13. The minimum atomic E-state index is -0.340. The summed E-state index contributed by atoms with van der Waals surface area (Å²) in [5.74, 6) is 1.17. The van der Waals surface area contributed by atoms with Crippen LogP contribution in [0.3, 0.4) is 0 Å². The number of likely N-dealkylation sites (tertiary alicyclic amines) is 1. The van der Waals surface area contributed by atoms with E-state index in [1.165, 1.54) is 18.2 Å². The highest BCUT2D eigenvalue weighted by molar-refractivity contribution is 8.00. The number of likely N-dealkylation sites (N-methyl/N-ethyl adjacent to an activating group) is 2. The molecule has 2 saturated heterocycles. The first-order valence-corrected chi connectivity index (χ1v) is 7.55. The van der Waals surface area contributed by atoms with Crippen molar-refractivity contribution >= 4 is 23.6 Å². The van der Waals surface area contributed by atoms with E-state index in [4.69, 9.17) is 0 Å². The van der Waals surface area contributed by atoms with Crippen molar-refractivity contribution in [1.29, 1.82) is 0 Å². The Morgan fingerprint density at radius 2 is 2.39 bits per heavy atom. The first-order valence-electron chi connectivity index (χ1n) is 6.40. The van der Waals surface area contributed by atoms with Crippen molar-refractivity contribution in [2.24, 2.45) is 0 Å². The number of thioether (sulfide) groups is 1. The van der Waals surface area contributed by atoms with Gasteiger partial charge in [-0.2, -0.15) is 0 Å². The number of nitrogens with one attached hydrogen (secondary N) is 1. The Balaban J connectivity index is 1.85. The Morgan fingerprint density at radius 3 is 3.00 bits per heavy atom. The van der Waals surface area contributed by atoms with Gasteiger partial charge in [0.15, 0.2) is 0 Å². The Bertz CT molecular complexity index is 337. The van der Waals surface area contributed by atoms with Gasteiger partial charge in [-0.1, -0.05) is 0 Å². The van der Waals surface area contributed by atoms with Crippen molar-refractivity contribution in [2.45, 2.75) is 24.9 Å². The summed E-state index contributed by atoms with van der Waals surface area (Å²) < 4.78 is 0. The van der Waals surface area contributed by atoms with Crippen LogP contribution in [0.2, 0.25) is 0 Å². The van der Waals surface area contributed by atoms with Crippen LogP contribution in [0.4, 0.5) is 0 Å². The number of nitrogens with zero attached hydrogens (tertiary/aromatic N) is 2. The monoisotopic (exact) mass is 271 g/mol. The third-order valence-electron chi connectivity index (χ3n) is 3.68. The molecule has 0 saturated carbocycles. The minimum absolute atomic E-state index is 0.0315. The molecule has 0 aromatic heterocycles. The van der Waals surface area contributed by atoms with E-state index in [1.807, 2.05) is 7.05 Å². The van der Waals surface area contributed by atoms with Crippen molar-refractivity contribution in [3.63, 3.8) is 0 Å². The summed E-state index contributed by atoms with van der Waals surface area (Å²) in [5, 5.41) is 2.77. The third kappa shape index (κ3) is 3.17. The summed E-state index contributed by atoms with van der Waals surface area (Å²) in [5.41, 5.74) is 0. The van der Waals surface area contributed by atoms with Crippen LogP contribution in [0.25, 0.3) is 0 Å². The number of hydrogen-bond acceptors (Lipinski definition) is 4. The molecule has 0 aromatic carbocycles. The van der Waals surface area contributed by atoms with Crippen molar-refractivity contribution in [1.82, 2.24) is 15.1 Å². The fraction of sp³-hybridized carbons (Fsp3) is 0.833. The molecule has 2 aliphatic heterocycles. The topological polar surface area (TPSA) is 52.7 Å². The zero-order valence-electron chi connectivity index (χ0n) is 11.0. The van der Waals surface area contributed by atoms with Crippen LogP contribution in [-0.4, -0.2) is 72.4 Å². The van der Waals surface area contributed by atoms with E-state index >= 15 is 0 Å². The molecule has 1 unspecified atom stereocenters. The average Bonchev–Trinajstić information content (AvgIpc) is 2.74. The number of rotatable bonds is 3. The zero-order chi connectivity index (χ0) is 13.1. The van der Waals surface area contributed by atoms with Gasteiger partial charge >= 0.3 is 0 Å². The lowest BCUT2D eigenvalue weighted by atomic mass is 10.2. The van der Waals surface area contributed by atoms with Crippen LogP contribution in [-0.2, 0) is 9.59 Å². The number of carbonyl (C=O) groups is 2. The molecule has 6 heteroatoms. The molecule has 2 fully saturated rings. The maximum atomic E-state index is 12.2. The second-order valence-corrected chi connectivity index (χ2v) is 6.16. The SMILES string of the molecule is CN(CC1CCCN1C)C(=O)[C@@H]1CSCC(=O)N1. The van der Waals surface area contributed by atoms with Crippen molar-refractivity contribution in [3.8, 4) is 0 Å². The highest BCUT2D eigenvalue weighted by atomic mass is 32.2. The van der Waals surface area contributed by atoms with Gasteiger partial charge in [0.2, 0.25) is 11.8 Å². The summed E-state index contributed by atoms with van der Waals surface area (Å²) in [6.45, 7) is 1.87. The standard InChI is InChI=1S/C12H21N3O2S/c1-14-5-3-4-9(14)6-15(2)12(17)10-7-18-8-11(16)13-10/h9-10H,3-8H2,1-2H3,(H,13,16)/t9?,10-/m0/s1. The fourth-order valence-corrected chi connectivity index (χ4v) is 3.41. The average molecular weight is 271 g/mol. The maximum Gasteiger partial charge on any atom is 0.245 e. The molecule has 18 heavy (non-hydrogen) atoms. The Morgan fingerprint density at radius 1 is 1.61 bits per heavy atom. The molecule has 102 valence electrons. The summed E-state index contributed by atoms with van der Waals surface area (Å²) in [6.07, 6.45) is 2.36. The normalized spacial score (nSPS) is 29.1. The lowest BCUT2D eigenvalue weighted by molar-refractivity contribution is -0.134. The van der Waals surface area contributed by atoms with E-state index in [2.05, 4.69) is 17.3 Å². The predicted octanol–water partition coefficient (Wildman–Crippen LogP) is -0.229. The van der Waals surface area contributed by atoms with Crippen LogP contribution in [0.5, 0.6) is 0 Å². The van der Waals surface area contributed by atoms with Gasteiger partial charge in [-0.25, -0.2) is 0 Å². The summed E-state index contributed by atoms with van der Waals surface area (Å²) in [6, 6.07) is 0.124. The van der Waals surface area contributed by atoms with Gasteiger partial charge < -0.3 is 15.1 Å². The van der Waals surface area contributed by atoms with Gasteiger partial charge in [-0.3, -0.25) is 9.59 Å². The number of amides is 2.